The molecular weight excluding hydrogens is 252 g/mol. The van der Waals surface area contributed by atoms with E-state index in [9.17, 15) is 4.39 Å². The molecule has 1 aromatic carbocycles. The van der Waals surface area contributed by atoms with E-state index < -0.39 is 5.82 Å². The van der Waals surface area contributed by atoms with Crippen molar-refractivity contribution in [2.75, 3.05) is 11.9 Å². The molecule has 0 bridgehead atoms. The Bertz CT molecular complexity index is 377. The third-order valence-corrected chi connectivity index (χ3v) is 3.31. The van der Waals surface area contributed by atoms with Gasteiger partial charge in [-0.15, -0.1) is 0 Å². The lowest BCUT2D eigenvalue weighted by Crippen LogP contribution is -2.26. The minimum Gasteiger partial charge on any atom is -0.377 e. The number of anilines is 1. The molecule has 1 saturated heterocycles. The van der Waals surface area contributed by atoms with Gasteiger partial charge in [0.2, 0.25) is 0 Å². The van der Waals surface area contributed by atoms with Crippen LogP contribution in [-0.2, 0) is 4.74 Å². The first-order valence-corrected chi connectivity index (χ1v) is 5.86. The second-order valence-electron chi connectivity index (χ2n) is 3.86. The van der Waals surface area contributed by atoms with Gasteiger partial charge in [0.1, 0.15) is 5.82 Å². The zero-order valence-corrected chi connectivity index (χ0v) is 10.3. The predicted molar refractivity (Wildman–Crippen MR) is 63.9 cm³/mol. The number of halogens is 3. The summed E-state index contributed by atoms with van der Waals surface area (Å²) in [5, 5.41) is 3.79. The molecule has 1 heterocycles. The van der Waals surface area contributed by atoms with Gasteiger partial charge in [-0.3, -0.25) is 0 Å². The first kappa shape index (κ1) is 12.0. The molecule has 5 heteroatoms. The van der Waals surface area contributed by atoms with Gasteiger partial charge in [0.25, 0.3) is 0 Å². The number of hydrogen-bond acceptors (Lipinski definition) is 2. The number of nitrogens with one attached hydrogen (secondary N) is 1. The Morgan fingerprint density at radius 1 is 1.38 bits per heavy atom. The SMILES string of the molecule is CC1OCCC1Nc1c(Cl)cc(F)cc1Cl. The molecular formula is C11H12Cl2FNO. The van der Waals surface area contributed by atoms with Gasteiger partial charge in [-0.2, -0.15) is 0 Å². The normalized spacial score (nSPS) is 24.8. The highest BCUT2D eigenvalue weighted by atomic mass is 35.5. The van der Waals surface area contributed by atoms with E-state index in [0.717, 1.165) is 13.0 Å². The van der Waals surface area contributed by atoms with Crippen molar-refractivity contribution in [3.63, 3.8) is 0 Å². The smallest absolute Gasteiger partial charge is 0.126 e. The summed E-state index contributed by atoms with van der Waals surface area (Å²) in [4.78, 5) is 0. The number of ether oxygens (including phenoxy) is 1. The molecule has 2 atom stereocenters. The first-order chi connectivity index (χ1) is 7.58. The summed E-state index contributed by atoms with van der Waals surface area (Å²) in [6.07, 6.45) is 1.00. The van der Waals surface area contributed by atoms with Crippen LogP contribution in [0.5, 0.6) is 0 Å². The van der Waals surface area contributed by atoms with Crippen LogP contribution in [0.15, 0.2) is 12.1 Å². The van der Waals surface area contributed by atoms with Crippen molar-refractivity contribution < 1.29 is 9.13 Å². The van der Waals surface area contributed by atoms with Crippen molar-refractivity contribution >= 4 is 28.9 Å². The third kappa shape index (κ3) is 2.42. The third-order valence-electron chi connectivity index (χ3n) is 2.71. The summed E-state index contributed by atoms with van der Waals surface area (Å²) >= 11 is 11.9. The average Bonchev–Trinajstić information content (AvgIpc) is 2.57. The lowest BCUT2D eigenvalue weighted by Gasteiger charge is -2.19. The van der Waals surface area contributed by atoms with Crippen LogP contribution in [0.4, 0.5) is 10.1 Å². The molecule has 2 rings (SSSR count). The molecule has 0 spiro atoms. The monoisotopic (exact) mass is 263 g/mol. The highest BCUT2D eigenvalue weighted by Crippen LogP contribution is 2.33. The summed E-state index contributed by atoms with van der Waals surface area (Å²) < 4.78 is 18.4. The summed E-state index contributed by atoms with van der Waals surface area (Å²) in [6, 6.07) is 2.66. The van der Waals surface area contributed by atoms with E-state index in [0.29, 0.717) is 15.7 Å². The van der Waals surface area contributed by atoms with Crippen LogP contribution < -0.4 is 5.32 Å². The molecule has 0 amide bonds. The summed E-state index contributed by atoms with van der Waals surface area (Å²) in [6.45, 7) is 2.70. The minimum atomic E-state index is -0.434. The minimum absolute atomic E-state index is 0.109. The van der Waals surface area contributed by atoms with Crippen LogP contribution in [0.3, 0.4) is 0 Å². The van der Waals surface area contributed by atoms with E-state index in [2.05, 4.69) is 5.32 Å². The average molecular weight is 264 g/mol. The standard InChI is InChI=1S/C11H12Cl2FNO/c1-6-10(2-3-16-6)15-11-8(12)4-7(14)5-9(11)13/h4-6,10,15H,2-3H2,1H3. The fourth-order valence-electron chi connectivity index (χ4n) is 1.79. The van der Waals surface area contributed by atoms with Crippen molar-refractivity contribution in [3.8, 4) is 0 Å². The topological polar surface area (TPSA) is 21.3 Å². The van der Waals surface area contributed by atoms with Crippen molar-refractivity contribution in [1.82, 2.24) is 0 Å². The Kier molecular flexibility index (Phi) is 3.57. The summed E-state index contributed by atoms with van der Waals surface area (Å²) in [5.74, 6) is -0.434. The van der Waals surface area contributed by atoms with E-state index in [1.807, 2.05) is 6.92 Å². The van der Waals surface area contributed by atoms with Gasteiger partial charge in [-0.1, -0.05) is 23.2 Å². The second-order valence-corrected chi connectivity index (χ2v) is 4.67. The highest BCUT2D eigenvalue weighted by Gasteiger charge is 2.25. The molecule has 2 nitrogen and oxygen atoms in total. The highest BCUT2D eigenvalue weighted by molar-refractivity contribution is 6.39. The zero-order valence-electron chi connectivity index (χ0n) is 8.77. The fourth-order valence-corrected chi connectivity index (χ4v) is 2.36. The van der Waals surface area contributed by atoms with Crippen LogP contribution in [0, 0.1) is 5.82 Å². The maximum absolute atomic E-state index is 13.0. The number of hydrogen-bond donors (Lipinski definition) is 1. The second kappa shape index (κ2) is 4.78. The van der Waals surface area contributed by atoms with Gasteiger partial charge in [0.05, 0.1) is 27.9 Å². The van der Waals surface area contributed by atoms with Crippen molar-refractivity contribution in [2.45, 2.75) is 25.5 Å². The van der Waals surface area contributed by atoms with Gasteiger partial charge in [-0.05, 0) is 25.5 Å². The predicted octanol–water partition coefficient (Wildman–Crippen LogP) is 3.72. The van der Waals surface area contributed by atoms with Crippen LogP contribution in [0.1, 0.15) is 13.3 Å². The Labute approximate surface area is 104 Å². The zero-order chi connectivity index (χ0) is 11.7. The number of benzene rings is 1. The molecule has 2 unspecified atom stereocenters. The Balaban J connectivity index is 2.21. The van der Waals surface area contributed by atoms with E-state index in [1.165, 1.54) is 12.1 Å². The summed E-state index contributed by atoms with van der Waals surface area (Å²) in [7, 11) is 0. The van der Waals surface area contributed by atoms with Gasteiger partial charge < -0.3 is 10.1 Å². The Hall–Kier alpha value is -0.510. The van der Waals surface area contributed by atoms with Crippen LogP contribution >= 0.6 is 23.2 Å². The van der Waals surface area contributed by atoms with Crippen molar-refractivity contribution in [2.24, 2.45) is 0 Å². The van der Waals surface area contributed by atoms with E-state index in [1.54, 1.807) is 0 Å². The molecule has 1 aromatic rings. The molecule has 0 aliphatic carbocycles. The molecule has 16 heavy (non-hydrogen) atoms. The first-order valence-electron chi connectivity index (χ1n) is 5.10. The van der Waals surface area contributed by atoms with E-state index >= 15 is 0 Å². The van der Waals surface area contributed by atoms with Gasteiger partial charge in [0.15, 0.2) is 0 Å². The van der Waals surface area contributed by atoms with Crippen LogP contribution in [-0.4, -0.2) is 18.8 Å². The molecule has 0 saturated carbocycles. The van der Waals surface area contributed by atoms with Crippen molar-refractivity contribution in [3.05, 3.63) is 28.0 Å². The molecule has 1 fully saturated rings. The lowest BCUT2D eigenvalue weighted by molar-refractivity contribution is 0.121. The van der Waals surface area contributed by atoms with Gasteiger partial charge in [0, 0.05) is 6.61 Å². The molecule has 0 aromatic heterocycles. The maximum atomic E-state index is 13.0. The fraction of sp³-hybridized carbons (Fsp3) is 0.455. The molecule has 1 N–H and O–H groups in total. The number of rotatable bonds is 2. The Morgan fingerprint density at radius 2 is 2.00 bits per heavy atom. The lowest BCUT2D eigenvalue weighted by atomic mass is 10.1. The van der Waals surface area contributed by atoms with E-state index in [-0.39, 0.29) is 12.1 Å². The summed E-state index contributed by atoms with van der Waals surface area (Å²) in [5.41, 5.74) is 0.576. The van der Waals surface area contributed by atoms with Crippen molar-refractivity contribution in [1.29, 1.82) is 0 Å². The van der Waals surface area contributed by atoms with E-state index in [4.69, 9.17) is 27.9 Å². The van der Waals surface area contributed by atoms with Crippen LogP contribution in [0.25, 0.3) is 0 Å². The van der Waals surface area contributed by atoms with Gasteiger partial charge >= 0.3 is 0 Å². The van der Waals surface area contributed by atoms with Gasteiger partial charge in [-0.25, -0.2) is 4.39 Å². The van der Waals surface area contributed by atoms with Crippen LogP contribution in [0.2, 0.25) is 10.0 Å². The maximum Gasteiger partial charge on any atom is 0.126 e. The molecule has 1 aliphatic heterocycles. The Morgan fingerprint density at radius 3 is 2.50 bits per heavy atom. The molecule has 0 radical (unpaired) electrons. The quantitative estimate of drug-likeness (QED) is 0.878. The largest absolute Gasteiger partial charge is 0.377 e. The molecule has 1 aliphatic rings. The molecule has 88 valence electrons.